The van der Waals surface area contributed by atoms with E-state index in [2.05, 4.69) is 0 Å². The van der Waals surface area contributed by atoms with Crippen LogP contribution in [0, 0.1) is 11.3 Å². The minimum absolute atomic E-state index is 0.0717. The van der Waals surface area contributed by atoms with Gasteiger partial charge in [-0.3, -0.25) is 4.79 Å². The Balaban J connectivity index is 1.54. The Kier molecular flexibility index (Phi) is 3.22. The molecule has 0 aromatic carbocycles. The molecular weight excluding hydrogens is 216 g/mol. The highest BCUT2D eigenvalue weighted by Crippen LogP contribution is 2.50. The van der Waals surface area contributed by atoms with Crippen LogP contribution in [0.2, 0.25) is 0 Å². The molecular formula is C14H22O3. The Hall–Kier alpha value is -0.410. The lowest BCUT2D eigenvalue weighted by Crippen LogP contribution is -2.56. The number of rotatable bonds is 3. The van der Waals surface area contributed by atoms with Crippen LogP contribution in [0.5, 0.6) is 0 Å². The zero-order valence-electron chi connectivity index (χ0n) is 10.5. The molecule has 2 unspecified atom stereocenters. The number of hydrogen-bond donors (Lipinski definition) is 0. The molecule has 3 rings (SSSR count). The molecule has 0 N–H and O–H groups in total. The van der Waals surface area contributed by atoms with Crippen LogP contribution < -0.4 is 0 Å². The van der Waals surface area contributed by atoms with E-state index in [1.165, 1.54) is 19.3 Å². The van der Waals surface area contributed by atoms with Gasteiger partial charge >= 0.3 is 0 Å². The van der Waals surface area contributed by atoms with E-state index in [0.29, 0.717) is 18.1 Å². The van der Waals surface area contributed by atoms with Crippen molar-refractivity contribution in [2.45, 2.75) is 51.0 Å². The molecule has 0 amide bonds. The minimum Gasteiger partial charge on any atom is -0.381 e. The maximum atomic E-state index is 11.9. The summed E-state index contributed by atoms with van der Waals surface area (Å²) in [6, 6.07) is 0. The highest BCUT2D eigenvalue weighted by Gasteiger charge is 2.55. The summed E-state index contributed by atoms with van der Waals surface area (Å²) in [5.74, 6) is 1.02. The summed E-state index contributed by atoms with van der Waals surface area (Å²) in [6.07, 6.45) is 7.83. The van der Waals surface area contributed by atoms with E-state index in [0.717, 1.165) is 39.1 Å². The van der Waals surface area contributed by atoms with Gasteiger partial charge in [-0.05, 0) is 19.3 Å². The molecule has 3 nitrogen and oxygen atoms in total. The fraction of sp³-hybridized carbons (Fsp3) is 0.929. The Morgan fingerprint density at radius 1 is 1.29 bits per heavy atom. The normalized spacial score (nSPS) is 36.1. The molecule has 3 heteroatoms. The molecule has 3 aliphatic rings. The van der Waals surface area contributed by atoms with Gasteiger partial charge in [0.05, 0.1) is 24.7 Å². The lowest BCUT2D eigenvalue weighted by atomic mass is 9.57. The number of Topliss-reactive ketones (excluding diaryl/α,β-unsaturated/α-hetero) is 1. The molecule has 2 aliphatic carbocycles. The quantitative estimate of drug-likeness (QED) is 0.757. The highest BCUT2D eigenvalue weighted by molar-refractivity contribution is 5.92. The summed E-state index contributed by atoms with van der Waals surface area (Å²) >= 11 is 0. The van der Waals surface area contributed by atoms with Gasteiger partial charge in [0, 0.05) is 18.9 Å². The van der Waals surface area contributed by atoms with Crippen LogP contribution in [0.25, 0.3) is 0 Å². The molecule has 2 saturated carbocycles. The smallest absolute Gasteiger partial charge is 0.144 e. The first-order valence-corrected chi connectivity index (χ1v) is 7.04. The molecule has 1 spiro atoms. The van der Waals surface area contributed by atoms with Gasteiger partial charge in [-0.15, -0.1) is 0 Å². The predicted octanol–water partition coefficient (Wildman–Crippen LogP) is 2.33. The van der Waals surface area contributed by atoms with E-state index < -0.39 is 0 Å². The molecule has 1 saturated heterocycles. The van der Waals surface area contributed by atoms with Crippen molar-refractivity contribution >= 4 is 5.78 Å². The Labute approximate surface area is 103 Å². The van der Waals surface area contributed by atoms with Crippen LogP contribution in [0.4, 0.5) is 0 Å². The van der Waals surface area contributed by atoms with E-state index in [9.17, 15) is 4.79 Å². The van der Waals surface area contributed by atoms with Crippen molar-refractivity contribution in [3.8, 4) is 0 Å². The average molecular weight is 238 g/mol. The largest absolute Gasteiger partial charge is 0.381 e. The van der Waals surface area contributed by atoms with Gasteiger partial charge in [-0.25, -0.2) is 0 Å². The molecule has 17 heavy (non-hydrogen) atoms. The Morgan fingerprint density at radius 3 is 2.76 bits per heavy atom. The maximum Gasteiger partial charge on any atom is 0.144 e. The van der Waals surface area contributed by atoms with Gasteiger partial charge in [0.2, 0.25) is 0 Å². The van der Waals surface area contributed by atoms with Crippen LogP contribution in [0.1, 0.15) is 44.9 Å². The first-order valence-electron chi connectivity index (χ1n) is 7.04. The maximum absolute atomic E-state index is 11.9. The topological polar surface area (TPSA) is 35.5 Å². The van der Waals surface area contributed by atoms with Crippen molar-refractivity contribution in [2.75, 3.05) is 19.8 Å². The third-order valence-electron chi connectivity index (χ3n) is 4.85. The van der Waals surface area contributed by atoms with Crippen LogP contribution in [0.3, 0.4) is 0 Å². The van der Waals surface area contributed by atoms with E-state index in [-0.39, 0.29) is 11.5 Å². The molecule has 1 heterocycles. The zero-order chi connectivity index (χ0) is 11.7. The molecule has 3 fully saturated rings. The fourth-order valence-corrected chi connectivity index (χ4v) is 3.58. The van der Waals surface area contributed by atoms with Gasteiger partial charge in [0.1, 0.15) is 5.78 Å². The number of ether oxygens (including phenoxy) is 2. The summed E-state index contributed by atoms with van der Waals surface area (Å²) in [4.78, 5) is 11.9. The molecule has 96 valence electrons. The SMILES string of the molecule is O=C1CC(OCC2CCOC2)C12CCCCC2. The molecule has 0 radical (unpaired) electrons. The monoisotopic (exact) mass is 238 g/mol. The lowest BCUT2D eigenvalue weighted by Gasteiger charge is -2.49. The Morgan fingerprint density at radius 2 is 2.12 bits per heavy atom. The number of carbonyl (C=O) groups is 1. The summed E-state index contributed by atoms with van der Waals surface area (Å²) in [5.41, 5.74) is -0.0717. The second-order valence-corrected chi connectivity index (χ2v) is 5.90. The second-order valence-electron chi connectivity index (χ2n) is 5.90. The molecule has 1 aliphatic heterocycles. The summed E-state index contributed by atoms with van der Waals surface area (Å²) in [6.45, 7) is 2.51. The third kappa shape index (κ3) is 2.04. The first kappa shape index (κ1) is 11.7. The van der Waals surface area contributed by atoms with Crippen LogP contribution in [-0.2, 0) is 14.3 Å². The number of carbonyl (C=O) groups excluding carboxylic acids is 1. The minimum atomic E-state index is -0.0717. The van der Waals surface area contributed by atoms with Crippen LogP contribution >= 0.6 is 0 Å². The molecule has 0 bridgehead atoms. The van der Waals surface area contributed by atoms with Gasteiger partial charge in [0.25, 0.3) is 0 Å². The van der Waals surface area contributed by atoms with Crippen molar-refractivity contribution in [2.24, 2.45) is 11.3 Å². The summed E-state index contributed by atoms with van der Waals surface area (Å²) < 4.78 is 11.4. The zero-order valence-corrected chi connectivity index (χ0v) is 10.5. The highest BCUT2D eigenvalue weighted by atomic mass is 16.5. The van der Waals surface area contributed by atoms with Gasteiger partial charge < -0.3 is 9.47 Å². The standard InChI is InChI=1S/C14H22O3/c15-12-8-13(14(12)5-2-1-3-6-14)17-10-11-4-7-16-9-11/h11,13H,1-10H2. The van der Waals surface area contributed by atoms with Crippen LogP contribution in [-0.4, -0.2) is 31.7 Å². The molecule has 0 aromatic rings. The van der Waals surface area contributed by atoms with E-state index in [1.54, 1.807) is 0 Å². The summed E-state index contributed by atoms with van der Waals surface area (Å²) in [7, 11) is 0. The second kappa shape index (κ2) is 4.69. The van der Waals surface area contributed by atoms with Crippen molar-refractivity contribution in [1.82, 2.24) is 0 Å². The Bertz CT molecular complexity index is 288. The van der Waals surface area contributed by atoms with Crippen LogP contribution in [0.15, 0.2) is 0 Å². The van der Waals surface area contributed by atoms with Gasteiger partial charge in [-0.1, -0.05) is 19.3 Å². The lowest BCUT2D eigenvalue weighted by molar-refractivity contribution is -0.171. The van der Waals surface area contributed by atoms with E-state index in [4.69, 9.17) is 9.47 Å². The fourth-order valence-electron chi connectivity index (χ4n) is 3.58. The molecule has 2 atom stereocenters. The van der Waals surface area contributed by atoms with Crippen molar-refractivity contribution in [3.05, 3.63) is 0 Å². The third-order valence-corrected chi connectivity index (χ3v) is 4.85. The van der Waals surface area contributed by atoms with Crippen molar-refractivity contribution < 1.29 is 14.3 Å². The first-order chi connectivity index (χ1) is 8.31. The molecule has 0 aromatic heterocycles. The number of hydrogen-bond acceptors (Lipinski definition) is 3. The van der Waals surface area contributed by atoms with E-state index in [1.807, 2.05) is 0 Å². The number of ketones is 1. The summed E-state index contributed by atoms with van der Waals surface area (Å²) in [5, 5.41) is 0. The van der Waals surface area contributed by atoms with E-state index >= 15 is 0 Å². The van der Waals surface area contributed by atoms with Crippen molar-refractivity contribution in [3.63, 3.8) is 0 Å². The average Bonchev–Trinajstić information content (AvgIpc) is 2.88. The predicted molar refractivity (Wildman–Crippen MR) is 63.8 cm³/mol. The van der Waals surface area contributed by atoms with Gasteiger partial charge in [0.15, 0.2) is 0 Å². The van der Waals surface area contributed by atoms with Crippen molar-refractivity contribution in [1.29, 1.82) is 0 Å². The van der Waals surface area contributed by atoms with Gasteiger partial charge in [-0.2, -0.15) is 0 Å².